The van der Waals surface area contributed by atoms with Crippen molar-refractivity contribution in [2.75, 3.05) is 13.2 Å². The molecule has 0 saturated heterocycles. The number of nitro groups is 1. The standard InChI is InChI=1S/C8H8N4O3/c9-3-4-15-8-2-1-7(12(13)14)6(5-10)11-8/h1-2H,3-4,9H2. The van der Waals surface area contributed by atoms with Gasteiger partial charge >= 0.3 is 5.69 Å². The lowest BCUT2D eigenvalue weighted by Gasteiger charge is -2.02. The molecule has 15 heavy (non-hydrogen) atoms. The molecule has 0 aliphatic rings. The predicted molar refractivity (Wildman–Crippen MR) is 50.2 cm³/mol. The summed E-state index contributed by atoms with van der Waals surface area (Å²) in [5, 5.41) is 19.1. The Labute approximate surface area is 85.2 Å². The fraction of sp³-hybridized carbons (Fsp3) is 0.250. The Morgan fingerprint density at radius 3 is 2.93 bits per heavy atom. The molecule has 1 aromatic heterocycles. The van der Waals surface area contributed by atoms with Crippen molar-refractivity contribution < 1.29 is 9.66 Å². The van der Waals surface area contributed by atoms with E-state index in [0.29, 0.717) is 6.54 Å². The first kappa shape index (κ1) is 10.9. The lowest BCUT2D eigenvalue weighted by atomic mass is 10.3. The van der Waals surface area contributed by atoms with Crippen molar-refractivity contribution in [3.63, 3.8) is 0 Å². The van der Waals surface area contributed by atoms with Gasteiger partial charge in [-0.05, 0) is 0 Å². The Hall–Kier alpha value is -2.20. The van der Waals surface area contributed by atoms with Crippen LogP contribution in [0.5, 0.6) is 5.88 Å². The van der Waals surface area contributed by atoms with Gasteiger partial charge in [-0.15, -0.1) is 0 Å². The molecule has 0 aliphatic carbocycles. The number of hydrogen-bond donors (Lipinski definition) is 1. The number of aromatic nitrogens is 1. The summed E-state index contributed by atoms with van der Waals surface area (Å²) in [5.41, 5.74) is 4.59. The van der Waals surface area contributed by atoms with Crippen LogP contribution in [0.3, 0.4) is 0 Å². The quantitative estimate of drug-likeness (QED) is 0.558. The lowest BCUT2D eigenvalue weighted by molar-refractivity contribution is -0.385. The number of ether oxygens (including phenoxy) is 1. The van der Waals surface area contributed by atoms with Gasteiger partial charge in [0.1, 0.15) is 12.7 Å². The first-order chi connectivity index (χ1) is 7.19. The number of nitrogens with two attached hydrogens (primary N) is 1. The number of nitriles is 1. The van der Waals surface area contributed by atoms with Crippen LogP contribution in [0.25, 0.3) is 0 Å². The van der Waals surface area contributed by atoms with E-state index in [0.717, 1.165) is 0 Å². The third-order valence-corrected chi connectivity index (χ3v) is 1.52. The molecular formula is C8H8N4O3. The minimum absolute atomic E-state index is 0.155. The van der Waals surface area contributed by atoms with E-state index in [1.165, 1.54) is 12.1 Å². The molecule has 1 rings (SSSR count). The summed E-state index contributed by atoms with van der Waals surface area (Å²) in [6.07, 6.45) is 0. The van der Waals surface area contributed by atoms with E-state index in [-0.39, 0.29) is 23.9 Å². The van der Waals surface area contributed by atoms with Crippen LogP contribution in [0.2, 0.25) is 0 Å². The molecule has 78 valence electrons. The van der Waals surface area contributed by atoms with Crippen molar-refractivity contribution in [3.05, 3.63) is 27.9 Å². The summed E-state index contributed by atoms with van der Waals surface area (Å²) in [4.78, 5) is 13.5. The normalized spacial score (nSPS) is 9.33. The highest BCUT2D eigenvalue weighted by molar-refractivity contribution is 5.45. The van der Waals surface area contributed by atoms with Crippen LogP contribution in [-0.2, 0) is 0 Å². The van der Waals surface area contributed by atoms with Crippen molar-refractivity contribution in [2.45, 2.75) is 0 Å². The average Bonchev–Trinajstić information content (AvgIpc) is 2.25. The summed E-state index contributed by atoms with van der Waals surface area (Å²) < 4.78 is 5.02. The van der Waals surface area contributed by atoms with Gasteiger partial charge in [-0.3, -0.25) is 10.1 Å². The van der Waals surface area contributed by atoms with E-state index in [2.05, 4.69) is 4.98 Å². The molecule has 0 radical (unpaired) electrons. The molecular weight excluding hydrogens is 200 g/mol. The van der Waals surface area contributed by atoms with Crippen molar-refractivity contribution in [2.24, 2.45) is 5.73 Å². The fourth-order valence-electron chi connectivity index (χ4n) is 0.907. The minimum Gasteiger partial charge on any atom is -0.476 e. The molecule has 0 unspecified atom stereocenters. The van der Waals surface area contributed by atoms with E-state index in [9.17, 15) is 10.1 Å². The zero-order valence-electron chi connectivity index (χ0n) is 7.71. The second-order valence-corrected chi connectivity index (χ2v) is 2.52. The maximum absolute atomic E-state index is 10.5. The first-order valence-electron chi connectivity index (χ1n) is 4.07. The smallest absolute Gasteiger partial charge is 0.305 e. The zero-order chi connectivity index (χ0) is 11.3. The molecule has 1 heterocycles. The van der Waals surface area contributed by atoms with Crippen LogP contribution in [0, 0.1) is 21.4 Å². The highest BCUT2D eigenvalue weighted by atomic mass is 16.6. The average molecular weight is 208 g/mol. The molecule has 0 amide bonds. The third-order valence-electron chi connectivity index (χ3n) is 1.52. The van der Waals surface area contributed by atoms with Crippen LogP contribution < -0.4 is 10.5 Å². The molecule has 0 spiro atoms. The third kappa shape index (κ3) is 2.62. The molecule has 0 atom stereocenters. The molecule has 0 fully saturated rings. The van der Waals surface area contributed by atoms with Crippen molar-refractivity contribution in [1.82, 2.24) is 4.98 Å². The Kier molecular flexibility index (Phi) is 3.54. The van der Waals surface area contributed by atoms with Crippen molar-refractivity contribution in [1.29, 1.82) is 5.26 Å². The second kappa shape index (κ2) is 4.88. The van der Waals surface area contributed by atoms with E-state index >= 15 is 0 Å². The van der Waals surface area contributed by atoms with Gasteiger partial charge in [-0.1, -0.05) is 0 Å². The molecule has 0 saturated carbocycles. The maximum atomic E-state index is 10.5. The van der Waals surface area contributed by atoms with Gasteiger partial charge in [0.25, 0.3) is 0 Å². The van der Waals surface area contributed by atoms with Crippen LogP contribution >= 0.6 is 0 Å². The van der Waals surface area contributed by atoms with Gasteiger partial charge in [-0.25, -0.2) is 0 Å². The number of rotatable bonds is 4. The summed E-state index contributed by atoms with van der Waals surface area (Å²) in [6.45, 7) is 0.552. The number of pyridine rings is 1. The first-order valence-corrected chi connectivity index (χ1v) is 4.07. The van der Waals surface area contributed by atoms with E-state index in [1.54, 1.807) is 6.07 Å². The molecule has 1 aromatic rings. The van der Waals surface area contributed by atoms with Crippen LogP contribution in [-0.4, -0.2) is 23.1 Å². The fourth-order valence-corrected chi connectivity index (χ4v) is 0.907. The molecule has 7 nitrogen and oxygen atoms in total. The topological polar surface area (TPSA) is 115 Å². The molecule has 0 bridgehead atoms. The van der Waals surface area contributed by atoms with Gasteiger partial charge in [0.05, 0.1) is 4.92 Å². The molecule has 0 aliphatic heterocycles. The monoisotopic (exact) mass is 208 g/mol. The van der Waals surface area contributed by atoms with E-state index in [4.69, 9.17) is 15.7 Å². The summed E-state index contributed by atoms with van der Waals surface area (Å²) >= 11 is 0. The Morgan fingerprint density at radius 2 is 2.40 bits per heavy atom. The summed E-state index contributed by atoms with van der Waals surface area (Å²) in [6, 6.07) is 4.14. The molecule has 0 aromatic carbocycles. The summed E-state index contributed by atoms with van der Waals surface area (Å²) in [5.74, 6) is 0.155. The highest BCUT2D eigenvalue weighted by Gasteiger charge is 2.15. The minimum atomic E-state index is -0.668. The summed E-state index contributed by atoms with van der Waals surface area (Å²) in [7, 11) is 0. The molecule has 2 N–H and O–H groups in total. The van der Waals surface area contributed by atoms with Gasteiger partial charge in [0, 0.05) is 18.7 Å². The van der Waals surface area contributed by atoms with Crippen molar-refractivity contribution >= 4 is 5.69 Å². The highest BCUT2D eigenvalue weighted by Crippen LogP contribution is 2.18. The molecule has 7 heteroatoms. The zero-order valence-corrected chi connectivity index (χ0v) is 7.71. The SMILES string of the molecule is N#Cc1nc(OCCN)ccc1[N+](=O)[O-]. The van der Waals surface area contributed by atoms with Crippen LogP contribution in [0.1, 0.15) is 5.69 Å². The van der Waals surface area contributed by atoms with Crippen LogP contribution in [0.4, 0.5) is 5.69 Å². The van der Waals surface area contributed by atoms with E-state index in [1.807, 2.05) is 0 Å². The maximum Gasteiger partial charge on any atom is 0.305 e. The number of hydrogen-bond acceptors (Lipinski definition) is 6. The predicted octanol–water partition coefficient (Wildman–Crippen LogP) is 0.199. The van der Waals surface area contributed by atoms with E-state index < -0.39 is 4.92 Å². The Balaban J connectivity index is 2.98. The Morgan fingerprint density at radius 1 is 1.67 bits per heavy atom. The van der Waals surface area contributed by atoms with Crippen molar-refractivity contribution in [3.8, 4) is 11.9 Å². The largest absolute Gasteiger partial charge is 0.476 e. The van der Waals surface area contributed by atoms with Gasteiger partial charge in [0.15, 0.2) is 0 Å². The second-order valence-electron chi connectivity index (χ2n) is 2.52. The lowest BCUT2D eigenvalue weighted by Crippen LogP contribution is -2.11. The van der Waals surface area contributed by atoms with Gasteiger partial charge in [-0.2, -0.15) is 10.2 Å². The van der Waals surface area contributed by atoms with Gasteiger partial charge in [0.2, 0.25) is 11.6 Å². The van der Waals surface area contributed by atoms with Crippen LogP contribution in [0.15, 0.2) is 12.1 Å². The number of nitrogens with zero attached hydrogens (tertiary/aromatic N) is 3. The van der Waals surface area contributed by atoms with Gasteiger partial charge < -0.3 is 10.5 Å². The Bertz CT molecular complexity index is 413.